The third-order valence-electron chi connectivity index (χ3n) is 2.10. The third kappa shape index (κ3) is 2.32. The maximum atomic E-state index is 13.4. The molecule has 17 heavy (non-hydrogen) atoms. The van der Waals surface area contributed by atoms with Gasteiger partial charge in [0.05, 0.1) is 11.3 Å². The Hall–Kier alpha value is -2.19. The fourth-order valence-electron chi connectivity index (χ4n) is 1.35. The smallest absolute Gasteiger partial charge is 0.221 e. The lowest BCUT2D eigenvalue weighted by molar-refractivity contribution is 0.624. The van der Waals surface area contributed by atoms with Crippen LogP contribution < -0.4 is 5.73 Å². The summed E-state index contributed by atoms with van der Waals surface area (Å²) in [5.74, 6) is -0.601. The van der Waals surface area contributed by atoms with Gasteiger partial charge in [0.25, 0.3) is 0 Å². The first-order chi connectivity index (χ1) is 8.10. The highest BCUT2D eigenvalue weighted by atomic mass is 35.5. The van der Waals surface area contributed by atoms with E-state index in [0.717, 1.165) is 0 Å². The normalized spacial score (nSPS) is 9.94. The lowest BCUT2D eigenvalue weighted by Gasteiger charge is -2.03. The predicted octanol–water partition coefficient (Wildman–Crippen LogP) is 2.39. The molecule has 0 aliphatic rings. The molecular formula is C11H6ClFN4. The third-order valence-corrected chi connectivity index (χ3v) is 2.29. The Labute approximate surface area is 101 Å². The molecule has 2 aromatic rings. The second-order valence-corrected chi connectivity index (χ2v) is 3.63. The van der Waals surface area contributed by atoms with Crippen LogP contribution in [0.5, 0.6) is 0 Å². The highest BCUT2D eigenvalue weighted by Crippen LogP contribution is 2.22. The van der Waals surface area contributed by atoms with E-state index in [1.165, 1.54) is 18.2 Å². The van der Waals surface area contributed by atoms with Crippen LogP contribution in [0.2, 0.25) is 5.15 Å². The molecule has 0 aliphatic carbocycles. The van der Waals surface area contributed by atoms with Gasteiger partial charge in [0.1, 0.15) is 17.0 Å². The van der Waals surface area contributed by atoms with Crippen molar-refractivity contribution >= 4 is 17.5 Å². The van der Waals surface area contributed by atoms with Gasteiger partial charge < -0.3 is 5.73 Å². The first kappa shape index (κ1) is 11.3. The monoisotopic (exact) mass is 248 g/mol. The minimum absolute atomic E-state index is 0.0114. The number of hydrogen-bond donors (Lipinski definition) is 1. The Morgan fingerprint density at radius 3 is 2.65 bits per heavy atom. The van der Waals surface area contributed by atoms with Crippen molar-refractivity contribution in [3.05, 3.63) is 40.8 Å². The molecule has 0 saturated carbocycles. The van der Waals surface area contributed by atoms with Crippen LogP contribution in [0.1, 0.15) is 5.56 Å². The van der Waals surface area contributed by atoms with Crippen molar-refractivity contribution in [1.29, 1.82) is 5.26 Å². The summed E-state index contributed by atoms with van der Waals surface area (Å²) in [7, 11) is 0. The Morgan fingerprint density at radius 1 is 1.29 bits per heavy atom. The van der Waals surface area contributed by atoms with Crippen LogP contribution in [0.25, 0.3) is 11.3 Å². The molecule has 0 atom stereocenters. The van der Waals surface area contributed by atoms with Gasteiger partial charge in [-0.05, 0) is 12.1 Å². The summed E-state index contributed by atoms with van der Waals surface area (Å²) in [5, 5.41) is 8.79. The van der Waals surface area contributed by atoms with Gasteiger partial charge in [0.2, 0.25) is 5.95 Å². The molecule has 0 unspecified atom stereocenters. The Kier molecular flexibility index (Phi) is 2.90. The standard InChI is InChI=1S/C11H6ClFN4/c12-10-4-9(16-11(15)17-10)6-1-2-7(5-14)8(13)3-6/h1-4H,(H2,15,16,17). The number of nitrogens with zero attached hydrogens (tertiary/aromatic N) is 3. The van der Waals surface area contributed by atoms with Gasteiger partial charge >= 0.3 is 0 Å². The molecule has 1 aromatic carbocycles. The van der Waals surface area contributed by atoms with Crippen LogP contribution in [-0.2, 0) is 0 Å². The molecule has 0 radical (unpaired) electrons. The van der Waals surface area contributed by atoms with Crippen molar-refractivity contribution in [1.82, 2.24) is 9.97 Å². The van der Waals surface area contributed by atoms with Crippen molar-refractivity contribution in [2.45, 2.75) is 0 Å². The fourth-order valence-corrected chi connectivity index (χ4v) is 1.54. The molecule has 2 N–H and O–H groups in total. The van der Waals surface area contributed by atoms with Crippen LogP contribution >= 0.6 is 11.6 Å². The molecule has 2 rings (SSSR count). The average molecular weight is 249 g/mol. The molecule has 0 fully saturated rings. The average Bonchev–Trinajstić information content (AvgIpc) is 2.27. The first-order valence-corrected chi connectivity index (χ1v) is 4.98. The number of nitrogens with two attached hydrogens (primary N) is 1. The summed E-state index contributed by atoms with van der Waals surface area (Å²) >= 11 is 5.72. The first-order valence-electron chi connectivity index (χ1n) is 4.60. The van der Waals surface area contributed by atoms with Gasteiger partial charge in [-0.3, -0.25) is 0 Å². The second-order valence-electron chi connectivity index (χ2n) is 3.24. The molecule has 0 aliphatic heterocycles. The van der Waals surface area contributed by atoms with Gasteiger partial charge in [-0.1, -0.05) is 17.7 Å². The van der Waals surface area contributed by atoms with E-state index in [-0.39, 0.29) is 16.7 Å². The van der Waals surface area contributed by atoms with Crippen LogP contribution in [-0.4, -0.2) is 9.97 Å². The van der Waals surface area contributed by atoms with E-state index in [1.807, 2.05) is 0 Å². The quantitative estimate of drug-likeness (QED) is 0.786. The Morgan fingerprint density at radius 2 is 2.06 bits per heavy atom. The number of anilines is 1. The van der Waals surface area contributed by atoms with E-state index < -0.39 is 5.82 Å². The number of nitrogen functional groups attached to an aromatic ring is 1. The number of rotatable bonds is 1. The largest absolute Gasteiger partial charge is 0.368 e. The summed E-state index contributed by atoms with van der Waals surface area (Å²) in [6, 6.07) is 7.36. The van der Waals surface area contributed by atoms with Gasteiger partial charge in [0.15, 0.2) is 0 Å². The van der Waals surface area contributed by atoms with E-state index >= 15 is 0 Å². The lowest BCUT2D eigenvalue weighted by atomic mass is 10.1. The highest BCUT2D eigenvalue weighted by Gasteiger charge is 2.07. The molecule has 0 bridgehead atoms. The molecule has 6 heteroatoms. The number of benzene rings is 1. The molecule has 84 valence electrons. The summed E-state index contributed by atoms with van der Waals surface area (Å²) in [5.41, 5.74) is 6.30. The fraction of sp³-hybridized carbons (Fsp3) is 0. The molecule has 0 amide bonds. The SMILES string of the molecule is N#Cc1ccc(-c2cc(Cl)nc(N)n2)cc1F. The zero-order valence-corrected chi connectivity index (χ0v) is 9.24. The van der Waals surface area contributed by atoms with Gasteiger partial charge in [-0.25, -0.2) is 14.4 Å². The van der Waals surface area contributed by atoms with Crippen molar-refractivity contribution in [2.75, 3.05) is 5.73 Å². The summed E-state index contributed by atoms with van der Waals surface area (Å²) in [4.78, 5) is 7.64. The molecule has 4 nitrogen and oxygen atoms in total. The van der Waals surface area contributed by atoms with Gasteiger partial charge in [-0.15, -0.1) is 0 Å². The lowest BCUT2D eigenvalue weighted by Crippen LogP contribution is -1.97. The molecule has 1 aromatic heterocycles. The molecule has 1 heterocycles. The zero-order valence-electron chi connectivity index (χ0n) is 8.48. The number of aromatic nitrogens is 2. The van der Waals surface area contributed by atoms with Gasteiger partial charge in [-0.2, -0.15) is 5.26 Å². The summed E-state index contributed by atoms with van der Waals surface area (Å²) in [6.45, 7) is 0. The van der Waals surface area contributed by atoms with E-state index in [9.17, 15) is 4.39 Å². The van der Waals surface area contributed by atoms with E-state index in [4.69, 9.17) is 22.6 Å². The molecule has 0 saturated heterocycles. The van der Waals surface area contributed by atoms with Crippen LogP contribution in [0.3, 0.4) is 0 Å². The van der Waals surface area contributed by atoms with Crippen LogP contribution in [0.15, 0.2) is 24.3 Å². The molecular weight excluding hydrogens is 243 g/mol. The minimum atomic E-state index is -0.613. The summed E-state index contributed by atoms with van der Waals surface area (Å²) < 4.78 is 13.4. The maximum absolute atomic E-state index is 13.4. The van der Waals surface area contributed by atoms with Crippen molar-refractivity contribution < 1.29 is 4.39 Å². The maximum Gasteiger partial charge on any atom is 0.221 e. The number of nitriles is 1. The second kappa shape index (κ2) is 4.36. The Balaban J connectivity index is 2.54. The number of hydrogen-bond acceptors (Lipinski definition) is 4. The zero-order chi connectivity index (χ0) is 12.4. The van der Waals surface area contributed by atoms with Crippen molar-refractivity contribution in [3.63, 3.8) is 0 Å². The van der Waals surface area contributed by atoms with Crippen molar-refractivity contribution in [2.24, 2.45) is 0 Å². The van der Waals surface area contributed by atoms with Crippen LogP contribution in [0.4, 0.5) is 10.3 Å². The highest BCUT2D eigenvalue weighted by molar-refractivity contribution is 6.29. The van der Waals surface area contributed by atoms with Gasteiger partial charge in [0, 0.05) is 11.6 Å². The van der Waals surface area contributed by atoms with E-state index in [2.05, 4.69) is 9.97 Å². The predicted molar refractivity (Wildman–Crippen MR) is 61.6 cm³/mol. The minimum Gasteiger partial charge on any atom is -0.368 e. The Bertz CT molecular complexity index is 601. The number of halogens is 2. The molecule has 0 spiro atoms. The van der Waals surface area contributed by atoms with Crippen LogP contribution in [0, 0.1) is 17.1 Å². The van der Waals surface area contributed by atoms with E-state index in [1.54, 1.807) is 12.1 Å². The van der Waals surface area contributed by atoms with E-state index in [0.29, 0.717) is 11.3 Å². The summed E-state index contributed by atoms with van der Waals surface area (Å²) in [6.07, 6.45) is 0. The van der Waals surface area contributed by atoms with Crippen molar-refractivity contribution in [3.8, 4) is 17.3 Å². The topological polar surface area (TPSA) is 75.6 Å².